The van der Waals surface area contributed by atoms with Crippen LogP contribution in [0.1, 0.15) is 20.5 Å². The maximum Gasteiger partial charge on any atom is 0.338 e. The largest absolute Gasteiger partial charge is 0.452 e. The summed E-state index contributed by atoms with van der Waals surface area (Å²) >= 11 is 3.77. The van der Waals surface area contributed by atoms with Crippen LogP contribution in [0.2, 0.25) is 0 Å². The lowest BCUT2D eigenvalue weighted by Crippen LogP contribution is -2.37. The zero-order valence-corrected chi connectivity index (χ0v) is 16.0. The summed E-state index contributed by atoms with van der Waals surface area (Å²) in [7, 11) is 0. The average Bonchev–Trinajstić information content (AvgIpc) is 3.22. The average molecular weight is 402 g/mol. The van der Waals surface area contributed by atoms with Crippen LogP contribution in [0.5, 0.6) is 0 Å². The Kier molecular flexibility index (Phi) is 6.78. The second-order valence-corrected chi connectivity index (χ2v) is 8.36. The zero-order valence-electron chi connectivity index (χ0n) is 14.3. The SMILES string of the molecule is O=C(COC(=O)c1ccc(C2SCCS2)cc1)NC(=O)Nc1ccccc1. The molecule has 1 fully saturated rings. The number of imide groups is 1. The van der Waals surface area contributed by atoms with E-state index in [1.54, 1.807) is 36.4 Å². The molecule has 0 bridgehead atoms. The lowest BCUT2D eigenvalue weighted by molar-refractivity contribution is -0.123. The fourth-order valence-electron chi connectivity index (χ4n) is 2.39. The topological polar surface area (TPSA) is 84.5 Å². The first-order valence-electron chi connectivity index (χ1n) is 8.28. The van der Waals surface area contributed by atoms with E-state index in [2.05, 4.69) is 10.6 Å². The highest BCUT2D eigenvalue weighted by Gasteiger charge is 2.19. The Balaban J connectivity index is 1.44. The highest BCUT2D eigenvalue weighted by Crippen LogP contribution is 2.45. The Hall–Kier alpha value is -2.45. The molecule has 2 aromatic rings. The summed E-state index contributed by atoms with van der Waals surface area (Å²) in [6, 6.07) is 15.2. The lowest BCUT2D eigenvalue weighted by atomic mass is 10.1. The summed E-state index contributed by atoms with van der Waals surface area (Å²) in [4.78, 5) is 35.5. The van der Waals surface area contributed by atoms with Crippen molar-refractivity contribution in [3.05, 3.63) is 65.7 Å². The number of hydrogen-bond donors (Lipinski definition) is 2. The first kappa shape index (κ1) is 19.3. The maximum absolute atomic E-state index is 12.0. The van der Waals surface area contributed by atoms with Gasteiger partial charge in [-0.2, -0.15) is 0 Å². The van der Waals surface area contributed by atoms with E-state index in [1.165, 1.54) is 0 Å². The monoisotopic (exact) mass is 402 g/mol. The predicted octanol–water partition coefficient (Wildman–Crippen LogP) is 3.67. The molecule has 1 heterocycles. The smallest absolute Gasteiger partial charge is 0.338 e. The van der Waals surface area contributed by atoms with Crippen molar-refractivity contribution in [2.45, 2.75) is 4.58 Å². The molecular formula is C19H18N2O4S2. The van der Waals surface area contributed by atoms with Gasteiger partial charge in [0.25, 0.3) is 5.91 Å². The van der Waals surface area contributed by atoms with Crippen LogP contribution in [0.25, 0.3) is 0 Å². The van der Waals surface area contributed by atoms with Crippen molar-refractivity contribution >= 4 is 47.1 Å². The number of urea groups is 1. The third-order valence-electron chi connectivity index (χ3n) is 3.66. The summed E-state index contributed by atoms with van der Waals surface area (Å²) in [6.45, 7) is -0.531. The summed E-state index contributed by atoms with van der Waals surface area (Å²) in [5.41, 5.74) is 2.08. The van der Waals surface area contributed by atoms with E-state index in [1.807, 2.05) is 41.7 Å². The summed E-state index contributed by atoms with van der Waals surface area (Å²) < 4.78 is 5.37. The molecule has 0 aliphatic carbocycles. The number of carbonyl (C=O) groups is 3. The fourth-order valence-corrected chi connectivity index (χ4v) is 5.25. The van der Waals surface area contributed by atoms with Gasteiger partial charge in [-0.1, -0.05) is 30.3 Å². The minimum absolute atomic E-state index is 0.369. The molecule has 3 rings (SSSR count). The molecule has 0 saturated carbocycles. The van der Waals surface area contributed by atoms with Gasteiger partial charge in [-0.3, -0.25) is 10.1 Å². The van der Waals surface area contributed by atoms with Crippen LogP contribution in [0, 0.1) is 0 Å². The van der Waals surface area contributed by atoms with Crippen LogP contribution in [-0.4, -0.2) is 36.0 Å². The molecule has 0 radical (unpaired) electrons. The van der Waals surface area contributed by atoms with E-state index < -0.39 is 24.5 Å². The van der Waals surface area contributed by atoms with E-state index in [0.717, 1.165) is 17.1 Å². The highest BCUT2D eigenvalue weighted by molar-refractivity contribution is 8.19. The van der Waals surface area contributed by atoms with Gasteiger partial charge in [0.1, 0.15) is 0 Å². The predicted molar refractivity (Wildman–Crippen MR) is 108 cm³/mol. The maximum atomic E-state index is 12.0. The van der Waals surface area contributed by atoms with Crippen molar-refractivity contribution in [3.8, 4) is 0 Å². The fraction of sp³-hybridized carbons (Fsp3) is 0.211. The highest BCUT2D eigenvalue weighted by atomic mass is 32.2. The molecule has 2 N–H and O–H groups in total. The van der Waals surface area contributed by atoms with Crippen molar-refractivity contribution in [1.82, 2.24) is 5.32 Å². The number of carbonyl (C=O) groups excluding carboxylic acids is 3. The normalized spacial score (nSPS) is 13.8. The van der Waals surface area contributed by atoms with Crippen LogP contribution in [-0.2, 0) is 9.53 Å². The van der Waals surface area contributed by atoms with Crippen molar-refractivity contribution in [2.24, 2.45) is 0 Å². The van der Waals surface area contributed by atoms with Crippen LogP contribution in [0.15, 0.2) is 54.6 Å². The van der Waals surface area contributed by atoms with Gasteiger partial charge in [-0.25, -0.2) is 9.59 Å². The van der Waals surface area contributed by atoms with Crippen molar-refractivity contribution < 1.29 is 19.1 Å². The number of para-hydroxylation sites is 1. The molecule has 1 aliphatic heterocycles. The molecule has 2 aromatic carbocycles. The van der Waals surface area contributed by atoms with Crippen molar-refractivity contribution in [3.63, 3.8) is 0 Å². The van der Waals surface area contributed by atoms with Crippen molar-refractivity contribution in [2.75, 3.05) is 23.4 Å². The molecule has 0 unspecified atom stereocenters. The molecule has 1 saturated heterocycles. The number of esters is 1. The summed E-state index contributed by atoms with van der Waals surface area (Å²) in [5.74, 6) is 0.956. The van der Waals surface area contributed by atoms with E-state index in [9.17, 15) is 14.4 Å². The number of nitrogens with one attached hydrogen (secondary N) is 2. The van der Waals surface area contributed by atoms with Crippen LogP contribution in [0.3, 0.4) is 0 Å². The van der Waals surface area contributed by atoms with E-state index in [4.69, 9.17) is 4.74 Å². The van der Waals surface area contributed by atoms with E-state index in [-0.39, 0.29) is 0 Å². The van der Waals surface area contributed by atoms with Gasteiger partial charge in [0.15, 0.2) is 6.61 Å². The summed E-state index contributed by atoms with van der Waals surface area (Å²) in [5, 5.41) is 4.62. The van der Waals surface area contributed by atoms with Gasteiger partial charge in [-0.15, -0.1) is 23.5 Å². The van der Waals surface area contributed by atoms with Gasteiger partial charge in [0.2, 0.25) is 0 Å². The molecule has 3 amide bonds. The second-order valence-electron chi connectivity index (χ2n) is 5.64. The molecule has 6 nitrogen and oxygen atoms in total. The van der Waals surface area contributed by atoms with E-state index >= 15 is 0 Å². The Labute approximate surface area is 165 Å². The molecule has 0 atom stereocenters. The number of benzene rings is 2. The molecule has 1 aliphatic rings. The number of thioether (sulfide) groups is 2. The lowest BCUT2D eigenvalue weighted by Gasteiger charge is -2.09. The van der Waals surface area contributed by atoms with E-state index in [0.29, 0.717) is 15.8 Å². The Bertz CT molecular complexity index is 806. The number of rotatable bonds is 5. The molecule has 140 valence electrons. The molecule has 0 spiro atoms. The minimum atomic E-state index is -0.702. The van der Waals surface area contributed by atoms with Gasteiger partial charge in [0.05, 0.1) is 10.1 Å². The molecule has 0 aromatic heterocycles. The van der Waals surface area contributed by atoms with Gasteiger partial charge < -0.3 is 10.1 Å². The number of ether oxygens (including phenoxy) is 1. The third kappa shape index (κ3) is 5.77. The standard InChI is InChI=1S/C19H18N2O4S2/c22-16(21-19(24)20-15-4-2-1-3-5-15)12-25-17(23)13-6-8-14(9-7-13)18-26-10-11-27-18/h1-9,18H,10-12H2,(H2,20,21,22,24). The zero-order chi connectivity index (χ0) is 19.1. The van der Waals surface area contributed by atoms with Crippen LogP contribution >= 0.6 is 23.5 Å². The van der Waals surface area contributed by atoms with Crippen LogP contribution in [0.4, 0.5) is 10.5 Å². The van der Waals surface area contributed by atoms with Crippen LogP contribution < -0.4 is 10.6 Å². The molecular weight excluding hydrogens is 384 g/mol. The quantitative estimate of drug-likeness (QED) is 0.743. The Morgan fingerprint density at radius 3 is 2.30 bits per heavy atom. The molecule has 8 heteroatoms. The first-order valence-corrected chi connectivity index (χ1v) is 10.4. The van der Waals surface area contributed by atoms with Gasteiger partial charge in [0, 0.05) is 17.2 Å². The minimum Gasteiger partial charge on any atom is -0.452 e. The summed E-state index contributed by atoms with van der Waals surface area (Å²) in [6.07, 6.45) is 0. The molecule has 27 heavy (non-hydrogen) atoms. The van der Waals surface area contributed by atoms with Gasteiger partial charge in [-0.05, 0) is 29.8 Å². The third-order valence-corrected chi connectivity index (χ3v) is 6.76. The second kappa shape index (κ2) is 9.48. The van der Waals surface area contributed by atoms with Gasteiger partial charge >= 0.3 is 12.0 Å². The number of amides is 3. The number of hydrogen-bond acceptors (Lipinski definition) is 6. The Morgan fingerprint density at radius 1 is 0.963 bits per heavy atom. The number of anilines is 1. The first-order chi connectivity index (χ1) is 13.1. The Morgan fingerprint density at radius 2 is 1.63 bits per heavy atom. The van der Waals surface area contributed by atoms with Crippen molar-refractivity contribution in [1.29, 1.82) is 0 Å².